The quantitative estimate of drug-likeness (QED) is 0.673. The summed E-state index contributed by atoms with van der Waals surface area (Å²) in [6.07, 6.45) is 0. The zero-order valence-electron chi connectivity index (χ0n) is 7.56. The first kappa shape index (κ1) is 9.33. The second-order valence-corrected chi connectivity index (χ2v) is 4.22. The fraction of sp³-hybridized carbons (Fsp3) is 0.444. The van der Waals surface area contributed by atoms with Gasteiger partial charge in [-0.1, -0.05) is 32.4 Å². The highest BCUT2D eigenvalue weighted by Gasteiger charge is 2.18. The molecule has 0 unspecified atom stereocenters. The molecule has 0 aliphatic carbocycles. The van der Waals surface area contributed by atoms with E-state index in [4.69, 9.17) is 17.3 Å². The summed E-state index contributed by atoms with van der Waals surface area (Å²) in [6, 6.07) is 3.49. The number of hydrogen-bond donors (Lipinski definition) is 1. The first-order valence-electron chi connectivity index (χ1n) is 3.84. The molecule has 2 N–H and O–H groups in total. The number of anilines is 1. The van der Waals surface area contributed by atoms with Crippen molar-refractivity contribution in [2.24, 2.45) is 0 Å². The van der Waals surface area contributed by atoms with E-state index < -0.39 is 0 Å². The lowest BCUT2D eigenvalue weighted by Crippen LogP contribution is -2.15. The Morgan fingerprint density at radius 2 is 1.92 bits per heavy atom. The van der Waals surface area contributed by atoms with Crippen molar-refractivity contribution in [3.05, 3.63) is 22.8 Å². The first-order valence-corrected chi connectivity index (χ1v) is 4.21. The van der Waals surface area contributed by atoms with Crippen molar-refractivity contribution in [3.63, 3.8) is 0 Å². The van der Waals surface area contributed by atoms with Crippen LogP contribution in [0.15, 0.2) is 12.1 Å². The van der Waals surface area contributed by atoms with Gasteiger partial charge in [0.1, 0.15) is 5.82 Å². The molecule has 3 heteroatoms. The van der Waals surface area contributed by atoms with Gasteiger partial charge in [0, 0.05) is 5.41 Å². The van der Waals surface area contributed by atoms with E-state index in [1.54, 1.807) is 12.1 Å². The van der Waals surface area contributed by atoms with E-state index in [9.17, 15) is 0 Å². The van der Waals surface area contributed by atoms with Crippen LogP contribution in [0.1, 0.15) is 26.5 Å². The first-order chi connectivity index (χ1) is 5.41. The van der Waals surface area contributed by atoms with Crippen molar-refractivity contribution in [2.75, 3.05) is 5.73 Å². The molecule has 0 aromatic carbocycles. The van der Waals surface area contributed by atoms with E-state index in [0.29, 0.717) is 10.8 Å². The van der Waals surface area contributed by atoms with Gasteiger partial charge in [0.25, 0.3) is 0 Å². The van der Waals surface area contributed by atoms with Gasteiger partial charge in [-0.25, -0.2) is 4.98 Å². The summed E-state index contributed by atoms with van der Waals surface area (Å²) in [5.74, 6) is 0.518. The van der Waals surface area contributed by atoms with Crippen molar-refractivity contribution in [2.45, 2.75) is 26.2 Å². The predicted molar refractivity (Wildman–Crippen MR) is 52.4 cm³/mol. The van der Waals surface area contributed by atoms with Gasteiger partial charge in [0.15, 0.2) is 0 Å². The highest BCUT2D eigenvalue weighted by molar-refractivity contribution is 6.31. The third-order valence-corrected chi connectivity index (χ3v) is 1.88. The molecule has 0 bridgehead atoms. The van der Waals surface area contributed by atoms with Crippen molar-refractivity contribution in [3.8, 4) is 0 Å². The van der Waals surface area contributed by atoms with Crippen LogP contribution >= 0.6 is 11.6 Å². The standard InChI is InChI=1S/C9H13ClN2/c1-9(2,3)8-6(10)4-5-7(11)12-8/h4-5H,1-3H3,(H2,11,12). The maximum absolute atomic E-state index is 5.96. The molecule has 1 aromatic heterocycles. The molecule has 1 aromatic rings. The fourth-order valence-electron chi connectivity index (χ4n) is 0.983. The smallest absolute Gasteiger partial charge is 0.123 e. The summed E-state index contributed by atoms with van der Waals surface area (Å²) in [5.41, 5.74) is 6.36. The number of hydrogen-bond acceptors (Lipinski definition) is 2. The van der Waals surface area contributed by atoms with Crippen LogP contribution in [0.25, 0.3) is 0 Å². The monoisotopic (exact) mass is 184 g/mol. The molecule has 12 heavy (non-hydrogen) atoms. The zero-order valence-corrected chi connectivity index (χ0v) is 8.31. The van der Waals surface area contributed by atoms with Crippen molar-refractivity contribution in [1.82, 2.24) is 4.98 Å². The lowest BCUT2D eigenvalue weighted by atomic mass is 9.91. The van der Waals surface area contributed by atoms with Gasteiger partial charge in [0.05, 0.1) is 10.7 Å². The molecule has 0 aliphatic rings. The van der Waals surface area contributed by atoms with E-state index in [2.05, 4.69) is 25.8 Å². The molecule has 1 heterocycles. The Bertz CT molecular complexity index is 289. The Kier molecular flexibility index (Phi) is 2.29. The number of aromatic nitrogens is 1. The topological polar surface area (TPSA) is 38.9 Å². The molecule has 0 amide bonds. The molecule has 0 spiro atoms. The van der Waals surface area contributed by atoms with Gasteiger partial charge in [-0.05, 0) is 12.1 Å². The van der Waals surface area contributed by atoms with E-state index >= 15 is 0 Å². The number of halogens is 1. The summed E-state index contributed by atoms with van der Waals surface area (Å²) >= 11 is 5.96. The number of pyridine rings is 1. The number of nitrogen functional groups attached to an aromatic ring is 1. The van der Waals surface area contributed by atoms with Crippen LogP contribution in [0.4, 0.5) is 5.82 Å². The van der Waals surface area contributed by atoms with Crippen LogP contribution in [0.5, 0.6) is 0 Å². The zero-order chi connectivity index (χ0) is 9.35. The van der Waals surface area contributed by atoms with E-state index in [1.165, 1.54) is 0 Å². The van der Waals surface area contributed by atoms with Crippen molar-refractivity contribution < 1.29 is 0 Å². The maximum Gasteiger partial charge on any atom is 0.123 e. The van der Waals surface area contributed by atoms with E-state index in [-0.39, 0.29) is 5.41 Å². The summed E-state index contributed by atoms with van der Waals surface area (Å²) in [7, 11) is 0. The average Bonchev–Trinajstić information content (AvgIpc) is 1.92. The SMILES string of the molecule is CC(C)(C)c1nc(N)ccc1Cl. The summed E-state index contributed by atoms with van der Waals surface area (Å²) in [4.78, 5) is 4.19. The van der Waals surface area contributed by atoms with Gasteiger partial charge >= 0.3 is 0 Å². The van der Waals surface area contributed by atoms with Crippen LogP contribution in [-0.4, -0.2) is 4.98 Å². The minimum Gasteiger partial charge on any atom is -0.384 e. The van der Waals surface area contributed by atoms with Gasteiger partial charge < -0.3 is 5.73 Å². The Labute approximate surface area is 77.8 Å². The van der Waals surface area contributed by atoms with E-state index in [1.807, 2.05) is 0 Å². The molecular weight excluding hydrogens is 172 g/mol. The van der Waals surface area contributed by atoms with Gasteiger partial charge in [-0.15, -0.1) is 0 Å². The third-order valence-electron chi connectivity index (χ3n) is 1.58. The van der Waals surface area contributed by atoms with Gasteiger partial charge in [-0.3, -0.25) is 0 Å². The highest BCUT2D eigenvalue weighted by atomic mass is 35.5. The predicted octanol–water partition coefficient (Wildman–Crippen LogP) is 2.61. The van der Waals surface area contributed by atoms with Crippen LogP contribution in [0, 0.1) is 0 Å². The maximum atomic E-state index is 5.96. The Morgan fingerprint density at radius 3 is 2.33 bits per heavy atom. The highest BCUT2D eigenvalue weighted by Crippen LogP contribution is 2.27. The van der Waals surface area contributed by atoms with Crippen LogP contribution in [0.3, 0.4) is 0 Å². The summed E-state index contributed by atoms with van der Waals surface area (Å²) < 4.78 is 0. The van der Waals surface area contributed by atoms with Crippen LogP contribution in [-0.2, 0) is 5.41 Å². The van der Waals surface area contributed by atoms with Gasteiger partial charge in [-0.2, -0.15) is 0 Å². The Hall–Kier alpha value is -0.760. The molecule has 0 saturated heterocycles. The number of nitrogens with zero attached hydrogens (tertiary/aromatic N) is 1. The number of nitrogens with two attached hydrogens (primary N) is 1. The Balaban J connectivity index is 3.23. The second kappa shape index (κ2) is 2.94. The summed E-state index contributed by atoms with van der Waals surface area (Å²) in [6.45, 7) is 6.17. The minimum atomic E-state index is -0.0491. The molecule has 0 atom stereocenters. The fourth-order valence-corrected chi connectivity index (χ4v) is 1.37. The molecular formula is C9H13ClN2. The molecule has 66 valence electrons. The largest absolute Gasteiger partial charge is 0.384 e. The minimum absolute atomic E-state index is 0.0491. The normalized spacial score (nSPS) is 11.7. The van der Waals surface area contributed by atoms with Crippen LogP contribution in [0.2, 0.25) is 5.02 Å². The molecule has 0 aliphatic heterocycles. The summed E-state index contributed by atoms with van der Waals surface area (Å²) in [5, 5.41) is 0.678. The molecule has 0 saturated carbocycles. The van der Waals surface area contributed by atoms with E-state index in [0.717, 1.165) is 5.69 Å². The molecule has 1 rings (SSSR count). The Morgan fingerprint density at radius 1 is 1.33 bits per heavy atom. The third kappa shape index (κ3) is 1.89. The van der Waals surface area contributed by atoms with Crippen molar-refractivity contribution >= 4 is 17.4 Å². The second-order valence-electron chi connectivity index (χ2n) is 3.82. The average molecular weight is 185 g/mol. The lowest BCUT2D eigenvalue weighted by molar-refractivity contribution is 0.570. The molecule has 0 radical (unpaired) electrons. The van der Waals surface area contributed by atoms with Crippen LogP contribution < -0.4 is 5.73 Å². The van der Waals surface area contributed by atoms with Crippen molar-refractivity contribution in [1.29, 1.82) is 0 Å². The molecule has 0 fully saturated rings. The molecule has 2 nitrogen and oxygen atoms in total. The number of rotatable bonds is 0. The lowest BCUT2D eigenvalue weighted by Gasteiger charge is -2.19. The van der Waals surface area contributed by atoms with Gasteiger partial charge in [0.2, 0.25) is 0 Å².